The maximum atomic E-state index is 11.9. The van der Waals surface area contributed by atoms with E-state index >= 15 is 0 Å². The number of carbonyl (C=O) groups excluding carboxylic acids is 1. The van der Waals surface area contributed by atoms with Gasteiger partial charge in [-0.15, -0.1) is 0 Å². The van der Waals surface area contributed by atoms with Crippen molar-refractivity contribution in [3.05, 3.63) is 0 Å². The molecule has 1 heterocycles. The average Bonchev–Trinajstić information content (AvgIpc) is 2.67. The summed E-state index contributed by atoms with van der Waals surface area (Å²) in [6.07, 6.45) is 3.22. The molecule has 1 aliphatic heterocycles. The minimum Gasteiger partial charge on any atom is -0.342 e. The number of rotatable bonds is 4. The summed E-state index contributed by atoms with van der Waals surface area (Å²) in [4.78, 5) is 13.9. The first-order valence-electron chi connectivity index (χ1n) is 5.71. The van der Waals surface area contributed by atoms with Gasteiger partial charge in [0.15, 0.2) is 0 Å². The van der Waals surface area contributed by atoms with Crippen molar-refractivity contribution in [2.45, 2.75) is 33.1 Å². The van der Waals surface area contributed by atoms with Crippen molar-refractivity contribution in [2.75, 3.05) is 19.6 Å². The molecular weight excluding hydrogens is 176 g/mol. The summed E-state index contributed by atoms with van der Waals surface area (Å²) in [5.74, 6) is 1.03. The summed E-state index contributed by atoms with van der Waals surface area (Å²) < 4.78 is 0. The Morgan fingerprint density at radius 3 is 2.71 bits per heavy atom. The predicted octanol–water partition coefficient (Wildman–Crippen LogP) is 1.23. The molecule has 14 heavy (non-hydrogen) atoms. The molecule has 2 unspecified atom stereocenters. The third kappa shape index (κ3) is 2.47. The minimum atomic E-state index is 0.0469. The number of nitrogens with two attached hydrogens (primary N) is 1. The molecule has 0 aliphatic carbocycles. The molecule has 1 aliphatic rings. The zero-order valence-electron chi connectivity index (χ0n) is 9.33. The number of hydrogen-bond donors (Lipinski definition) is 1. The highest BCUT2D eigenvalue weighted by atomic mass is 16.2. The van der Waals surface area contributed by atoms with Gasteiger partial charge in [-0.05, 0) is 18.8 Å². The zero-order chi connectivity index (χ0) is 10.6. The molecule has 0 radical (unpaired) electrons. The van der Waals surface area contributed by atoms with E-state index in [1.807, 2.05) is 11.8 Å². The van der Waals surface area contributed by atoms with E-state index in [-0.39, 0.29) is 11.8 Å². The molecule has 2 atom stereocenters. The lowest BCUT2D eigenvalue weighted by atomic mass is 10.1. The van der Waals surface area contributed by atoms with Crippen molar-refractivity contribution in [1.29, 1.82) is 0 Å². The van der Waals surface area contributed by atoms with E-state index < -0.39 is 0 Å². The Morgan fingerprint density at radius 2 is 2.29 bits per heavy atom. The largest absolute Gasteiger partial charge is 0.342 e. The van der Waals surface area contributed by atoms with Crippen LogP contribution in [-0.4, -0.2) is 30.4 Å². The normalized spacial score (nSPS) is 23.9. The molecule has 0 aromatic carbocycles. The quantitative estimate of drug-likeness (QED) is 0.738. The fourth-order valence-electron chi connectivity index (χ4n) is 2.07. The predicted molar refractivity (Wildman–Crippen MR) is 57.8 cm³/mol. The molecule has 82 valence electrons. The van der Waals surface area contributed by atoms with Gasteiger partial charge in [0, 0.05) is 19.6 Å². The summed E-state index contributed by atoms with van der Waals surface area (Å²) in [5, 5.41) is 0. The smallest absolute Gasteiger partial charge is 0.226 e. The molecule has 3 heteroatoms. The van der Waals surface area contributed by atoms with Crippen LogP contribution in [0, 0.1) is 11.8 Å². The van der Waals surface area contributed by atoms with Crippen molar-refractivity contribution in [3.8, 4) is 0 Å². The summed E-state index contributed by atoms with van der Waals surface area (Å²) in [7, 11) is 0. The second-order valence-corrected chi connectivity index (χ2v) is 4.19. The third-order valence-corrected chi connectivity index (χ3v) is 3.30. The monoisotopic (exact) mass is 198 g/mol. The summed E-state index contributed by atoms with van der Waals surface area (Å²) >= 11 is 0. The maximum absolute atomic E-state index is 11.9. The molecule has 3 nitrogen and oxygen atoms in total. The second-order valence-electron chi connectivity index (χ2n) is 4.19. The van der Waals surface area contributed by atoms with Crippen LogP contribution in [0.1, 0.15) is 33.1 Å². The highest BCUT2D eigenvalue weighted by Gasteiger charge is 2.28. The van der Waals surface area contributed by atoms with E-state index in [9.17, 15) is 4.79 Å². The van der Waals surface area contributed by atoms with Crippen molar-refractivity contribution in [1.82, 2.24) is 4.90 Å². The summed E-state index contributed by atoms with van der Waals surface area (Å²) in [6, 6.07) is 0. The van der Waals surface area contributed by atoms with E-state index in [4.69, 9.17) is 5.73 Å². The van der Waals surface area contributed by atoms with Crippen LogP contribution in [0.5, 0.6) is 0 Å². The van der Waals surface area contributed by atoms with Crippen LogP contribution in [0.25, 0.3) is 0 Å². The number of hydrogen-bond acceptors (Lipinski definition) is 2. The Bertz CT molecular complexity index is 190. The molecule has 0 aromatic heterocycles. The van der Waals surface area contributed by atoms with Crippen molar-refractivity contribution >= 4 is 5.91 Å². The topological polar surface area (TPSA) is 46.3 Å². The van der Waals surface area contributed by atoms with Crippen LogP contribution >= 0.6 is 0 Å². The standard InChI is InChI=1S/C11H22N2O/c1-3-9-5-6-13(8-9)11(14)10(4-2)7-12/h9-10H,3-8,12H2,1-2H3. The van der Waals surface area contributed by atoms with Crippen LogP contribution in [0.4, 0.5) is 0 Å². The van der Waals surface area contributed by atoms with Gasteiger partial charge in [0.2, 0.25) is 5.91 Å². The Morgan fingerprint density at radius 1 is 1.57 bits per heavy atom. The van der Waals surface area contributed by atoms with E-state index in [2.05, 4.69) is 6.92 Å². The van der Waals surface area contributed by atoms with Gasteiger partial charge in [-0.25, -0.2) is 0 Å². The van der Waals surface area contributed by atoms with Crippen molar-refractivity contribution < 1.29 is 4.79 Å². The lowest BCUT2D eigenvalue weighted by molar-refractivity contribution is -0.134. The minimum absolute atomic E-state index is 0.0469. The third-order valence-electron chi connectivity index (χ3n) is 3.30. The molecule has 1 rings (SSSR count). The molecule has 1 amide bonds. The van der Waals surface area contributed by atoms with Crippen LogP contribution in [0.15, 0.2) is 0 Å². The highest BCUT2D eigenvalue weighted by Crippen LogP contribution is 2.21. The van der Waals surface area contributed by atoms with Gasteiger partial charge in [0.1, 0.15) is 0 Å². The Kier molecular flexibility index (Phi) is 4.39. The van der Waals surface area contributed by atoms with Crippen molar-refractivity contribution in [3.63, 3.8) is 0 Å². The Labute approximate surface area is 86.6 Å². The van der Waals surface area contributed by atoms with Gasteiger partial charge < -0.3 is 10.6 Å². The lowest BCUT2D eigenvalue weighted by Crippen LogP contribution is -2.37. The molecule has 2 N–H and O–H groups in total. The molecule has 0 bridgehead atoms. The molecular formula is C11H22N2O. The van der Waals surface area contributed by atoms with Gasteiger partial charge in [0.05, 0.1) is 5.92 Å². The van der Waals surface area contributed by atoms with E-state index in [0.717, 1.165) is 19.5 Å². The van der Waals surface area contributed by atoms with Gasteiger partial charge in [-0.3, -0.25) is 4.79 Å². The van der Waals surface area contributed by atoms with Gasteiger partial charge in [0.25, 0.3) is 0 Å². The molecule has 0 spiro atoms. The first-order chi connectivity index (χ1) is 6.72. The highest BCUT2D eigenvalue weighted by molar-refractivity contribution is 5.79. The molecule has 0 saturated carbocycles. The number of nitrogens with zero attached hydrogens (tertiary/aromatic N) is 1. The van der Waals surface area contributed by atoms with Crippen LogP contribution in [-0.2, 0) is 4.79 Å². The fourth-order valence-corrected chi connectivity index (χ4v) is 2.07. The number of carbonyl (C=O) groups is 1. The SMILES string of the molecule is CCC1CCN(C(=O)C(CC)CN)C1. The van der Waals surface area contributed by atoms with Crippen molar-refractivity contribution in [2.24, 2.45) is 17.6 Å². The second kappa shape index (κ2) is 5.35. The first-order valence-corrected chi connectivity index (χ1v) is 5.71. The first kappa shape index (κ1) is 11.5. The van der Waals surface area contributed by atoms with E-state index in [1.165, 1.54) is 12.8 Å². The lowest BCUT2D eigenvalue weighted by Gasteiger charge is -2.21. The molecule has 0 aromatic rings. The Balaban J connectivity index is 2.45. The summed E-state index contributed by atoms with van der Waals surface area (Å²) in [6.45, 7) is 6.60. The molecule has 1 saturated heterocycles. The number of amides is 1. The van der Waals surface area contributed by atoms with E-state index in [0.29, 0.717) is 12.5 Å². The zero-order valence-corrected chi connectivity index (χ0v) is 9.33. The average molecular weight is 198 g/mol. The molecule has 1 fully saturated rings. The fraction of sp³-hybridized carbons (Fsp3) is 0.909. The van der Waals surface area contributed by atoms with Crippen LogP contribution < -0.4 is 5.73 Å². The van der Waals surface area contributed by atoms with Crippen LogP contribution in [0.2, 0.25) is 0 Å². The van der Waals surface area contributed by atoms with Gasteiger partial charge in [-0.1, -0.05) is 20.3 Å². The maximum Gasteiger partial charge on any atom is 0.226 e. The number of likely N-dealkylation sites (tertiary alicyclic amines) is 1. The Hall–Kier alpha value is -0.570. The van der Waals surface area contributed by atoms with Gasteiger partial charge >= 0.3 is 0 Å². The van der Waals surface area contributed by atoms with Crippen LogP contribution in [0.3, 0.4) is 0 Å². The summed E-state index contributed by atoms with van der Waals surface area (Å²) in [5.41, 5.74) is 5.57. The van der Waals surface area contributed by atoms with Gasteiger partial charge in [-0.2, -0.15) is 0 Å². The van der Waals surface area contributed by atoms with E-state index in [1.54, 1.807) is 0 Å².